The number of carbonyl (C=O) groups is 3. The number of hydrogen-bond donors (Lipinski definition) is 1. The number of amides is 3. The number of aliphatic hydroxyl groups excluding tert-OH is 1. The van der Waals surface area contributed by atoms with Crippen LogP contribution in [0.5, 0.6) is 0 Å². The number of rotatable bonds is 12. The normalized spacial score (nSPS) is 28.6. The van der Waals surface area contributed by atoms with E-state index >= 15 is 9.59 Å². The van der Waals surface area contributed by atoms with Gasteiger partial charge in [-0.15, -0.1) is 13.2 Å². The van der Waals surface area contributed by atoms with Gasteiger partial charge in [-0.3, -0.25) is 14.4 Å². The molecule has 2 aromatic rings. The number of hydrogen-bond acceptors (Lipinski definition) is 5. The lowest BCUT2D eigenvalue weighted by Crippen LogP contribution is -2.61. The highest BCUT2D eigenvalue weighted by Crippen LogP contribution is 2.66. The van der Waals surface area contributed by atoms with Crippen molar-refractivity contribution in [2.45, 2.75) is 90.1 Å². The number of anilines is 1. The summed E-state index contributed by atoms with van der Waals surface area (Å²) in [5.41, 5.74) is -1.57. The van der Waals surface area contributed by atoms with Crippen molar-refractivity contribution in [3.63, 3.8) is 0 Å². The molecule has 3 aliphatic rings. The van der Waals surface area contributed by atoms with E-state index in [1.165, 1.54) is 0 Å². The Bertz CT molecular complexity index is 1530. The molecule has 3 unspecified atom stereocenters. The van der Waals surface area contributed by atoms with Crippen LogP contribution in [-0.2, 0) is 19.1 Å². The third-order valence-electron chi connectivity index (χ3n) is 10.9. The maximum absolute atomic E-state index is 15.4. The van der Waals surface area contributed by atoms with Crippen LogP contribution < -0.4 is 4.90 Å². The average molecular weight is 656 g/mol. The lowest BCUT2D eigenvalue weighted by Gasteiger charge is -2.46. The molecule has 48 heavy (non-hydrogen) atoms. The van der Waals surface area contributed by atoms with Crippen molar-refractivity contribution < 1.29 is 24.2 Å². The van der Waals surface area contributed by atoms with E-state index in [1.54, 1.807) is 22.0 Å². The summed E-state index contributed by atoms with van der Waals surface area (Å²) in [5.74, 6) is -2.76. The molecule has 3 aliphatic heterocycles. The van der Waals surface area contributed by atoms with Gasteiger partial charge in [0.2, 0.25) is 17.7 Å². The first-order valence-electron chi connectivity index (χ1n) is 17.2. The molecule has 3 saturated heterocycles. The molecule has 0 aromatic heterocycles. The van der Waals surface area contributed by atoms with E-state index in [1.807, 2.05) is 93.3 Å². The molecular weight excluding hydrogens is 602 g/mol. The van der Waals surface area contributed by atoms with Crippen molar-refractivity contribution >= 4 is 23.4 Å². The standard InChI is InChI=1S/C40H53N3O5/c1-10-22-41(29-20-16-13-17-21-29)34(45)31-32-35(46)43(30(25-44)28-18-14-12-15-19-28)33(40(32)24-27(3)39(31,9)48-40)36(47)42(23-11-2)38(7,8)26-37(4,5)6/h10-21,27,30-33,44H,1-2,22-26H2,3-9H3/t27?,30-,31+,32+,33?,39-,40?/m1/s1. The molecule has 258 valence electrons. The first kappa shape index (κ1) is 35.6. The number of fused-ring (bicyclic) bond motifs is 1. The third kappa shape index (κ3) is 5.81. The zero-order valence-electron chi connectivity index (χ0n) is 29.7. The Morgan fingerprint density at radius 3 is 2.12 bits per heavy atom. The van der Waals surface area contributed by atoms with Crippen molar-refractivity contribution in [1.82, 2.24) is 9.80 Å². The van der Waals surface area contributed by atoms with E-state index in [-0.39, 0.29) is 42.1 Å². The fourth-order valence-corrected chi connectivity index (χ4v) is 9.23. The Kier molecular flexibility index (Phi) is 9.58. The maximum Gasteiger partial charge on any atom is 0.249 e. The van der Waals surface area contributed by atoms with Crippen molar-refractivity contribution in [2.24, 2.45) is 23.2 Å². The number of benzene rings is 2. The molecule has 0 radical (unpaired) electrons. The van der Waals surface area contributed by atoms with Gasteiger partial charge >= 0.3 is 0 Å². The molecule has 1 spiro atoms. The molecular formula is C40H53N3O5. The second-order valence-corrected chi connectivity index (χ2v) is 15.9. The summed E-state index contributed by atoms with van der Waals surface area (Å²) in [5, 5.41) is 11.0. The summed E-state index contributed by atoms with van der Waals surface area (Å²) in [6.45, 7) is 22.5. The minimum absolute atomic E-state index is 0.0965. The van der Waals surface area contributed by atoms with Crippen molar-refractivity contribution in [2.75, 3.05) is 24.6 Å². The number of para-hydroxylation sites is 1. The van der Waals surface area contributed by atoms with Gasteiger partial charge in [-0.2, -0.15) is 0 Å². The summed E-state index contributed by atoms with van der Waals surface area (Å²) in [4.78, 5) is 50.4. The fraction of sp³-hybridized carbons (Fsp3) is 0.525. The molecule has 5 rings (SSSR count). The van der Waals surface area contributed by atoms with Crippen molar-refractivity contribution in [1.29, 1.82) is 0 Å². The van der Waals surface area contributed by atoms with Crippen LogP contribution in [0.25, 0.3) is 0 Å². The monoisotopic (exact) mass is 655 g/mol. The molecule has 2 bridgehead atoms. The number of ether oxygens (including phenoxy) is 1. The number of aliphatic hydroxyl groups is 1. The fourth-order valence-electron chi connectivity index (χ4n) is 9.23. The topological polar surface area (TPSA) is 90.4 Å². The maximum atomic E-state index is 15.4. The highest BCUT2D eigenvalue weighted by Gasteiger charge is 2.81. The van der Waals surface area contributed by atoms with E-state index in [4.69, 9.17) is 4.74 Å². The number of nitrogens with zero attached hydrogens (tertiary/aromatic N) is 3. The predicted molar refractivity (Wildman–Crippen MR) is 189 cm³/mol. The highest BCUT2D eigenvalue weighted by atomic mass is 16.5. The molecule has 1 N–H and O–H groups in total. The van der Waals surface area contributed by atoms with Crippen LogP contribution in [0.3, 0.4) is 0 Å². The van der Waals surface area contributed by atoms with Crippen molar-refractivity contribution in [3.05, 3.63) is 91.5 Å². The minimum atomic E-state index is -1.28. The van der Waals surface area contributed by atoms with Crippen LogP contribution in [0.15, 0.2) is 86.0 Å². The molecule has 3 fully saturated rings. The molecule has 3 heterocycles. The van der Waals surface area contributed by atoms with E-state index < -0.39 is 47.3 Å². The molecule has 2 aromatic carbocycles. The van der Waals surface area contributed by atoms with Crippen LogP contribution in [0.4, 0.5) is 5.69 Å². The van der Waals surface area contributed by atoms with Gasteiger partial charge < -0.3 is 24.5 Å². The number of carbonyl (C=O) groups excluding carboxylic acids is 3. The summed E-state index contributed by atoms with van der Waals surface area (Å²) in [6.07, 6.45) is 4.52. The summed E-state index contributed by atoms with van der Waals surface area (Å²) in [6, 6.07) is 16.8. The summed E-state index contributed by atoms with van der Waals surface area (Å²) >= 11 is 0. The smallest absolute Gasteiger partial charge is 0.249 e. The Labute approximate surface area is 286 Å². The van der Waals surface area contributed by atoms with Gasteiger partial charge in [-0.05, 0) is 62.6 Å². The van der Waals surface area contributed by atoms with Gasteiger partial charge in [-0.25, -0.2) is 0 Å². The average Bonchev–Trinajstić information content (AvgIpc) is 3.54. The number of likely N-dealkylation sites (tertiary alicyclic amines) is 1. The highest BCUT2D eigenvalue weighted by molar-refractivity contribution is 6.03. The lowest BCUT2D eigenvalue weighted by atomic mass is 9.62. The zero-order chi connectivity index (χ0) is 35.2. The van der Waals surface area contributed by atoms with Crippen LogP contribution in [0.1, 0.15) is 72.9 Å². The van der Waals surface area contributed by atoms with Gasteiger partial charge in [0, 0.05) is 24.3 Å². The molecule has 8 nitrogen and oxygen atoms in total. The Hall–Kier alpha value is -3.75. The van der Waals surface area contributed by atoms with Crippen LogP contribution in [0, 0.1) is 23.2 Å². The molecule has 0 aliphatic carbocycles. The van der Waals surface area contributed by atoms with Crippen LogP contribution in [-0.4, -0.2) is 75.1 Å². The summed E-state index contributed by atoms with van der Waals surface area (Å²) < 4.78 is 7.10. The van der Waals surface area contributed by atoms with Crippen LogP contribution in [0.2, 0.25) is 0 Å². The molecule has 8 heteroatoms. The largest absolute Gasteiger partial charge is 0.394 e. The minimum Gasteiger partial charge on any atom is -0.394 e. The SMILES string of the molecule is C=CCN(C(=O)[C@@H]1[C@H]2C(=O)N([C@H](CO)c3ccccc3)C(C(=O)N(CC=C)C(C)(C)CC(C)(C)C)C23CC(C)[C@@]1(C)O3)c1ccccc1. The van der Waals surface area contributed by atoms with Gasteiger partial charge in [0.15, 0.2) is 0 Å². The second-order valence-electron chi connectivity index (χ2n) is 15.9. The Balaban J connectivity index is 1.70. The van der Waals surface area contributed by atoms with E-state index in [0.29, 0.717) is 24.1 Å². The molecule has 0 saturated carbocycles. The second kappa shape index (κ2) is 12.9. The Morgan fingerprint density at radius 1 is 1.00 bits per heavy atom. The Morgan fingerprint density at radius 2 is 1.58 bits per heavy atom. The molecule has 7 atom stereocenters. The van der Waals surface area contributed by atoms with E-state index in [0.717, 1.165) is 0 Å². The van der Waals surface area contributed by atoms with Crippen molar-refractivity contribution in [3.8, 4) is 0 Å². The quantitative estimate of drug-likeness (QED) is 0.276. The van der Waals surface area contributed by atoms with E-state index in [2.05, 4.69) is 33.9 Å². The predicted octanol–water partition coefficient (Wildman–Crippen LogP) is 6.18. The first-order valence-corrected chi connectivity index (χ1v) is 17.2. The van der Waals surface area contributed by atoms with Gasteiger partial charge in [0.05, 0.1) is 30.1 Å². The van der Waals surface area contributed by atoms with Gasteiger partial charge in [-0.1, -0.05) is 88.4 Å². The zero-order valence-corrected chi connectivity index (χ0v) is 29.7. The van der Waals surface area contributed by atoms with E-state index in [9.17, 15) is 9.90 Å². The van der Waals surface area contributed by atoms with Crippen LogP contribution >= 0.6 is 0 Å². The third-order valence-corrected chi connectivity index (χ3v) is 10.9. The lowest BCUT2D eigenvalue weighted by molar-refractivity contribution is -0.159. The van der Waals surface area contributed by atoms with Gasteiger partial charge in [0.1, 0.15) is 11.6 Å². The summed E-state index contributed by atoms with van der Waals surface area (Å²) in [7, 11) is 0. The van der Waals surface area contributed by atoms with Gasteiger partial charge in [0.25, 0.3) is 0 Å². The first-order chi connectivity index (χ1) is 22.6. The molecule has 3 amide bonds.